The Morgan fingerprint density at radius 2 is 1.82 bits per heavy atom. The fourth-order valence-corrected chi connectivity index (χ4v) is 5.81. The highest BCUT2D eigenvalue weighted by atomic mass is 32.2. The van der Waals surface area contributed by atoms with Crippen LogP contribution in [0.4, 0.5) is 23.5 Å². The van der Waals surface area contributed by atoms with E-state index in [1.54, 1.807) is 4.90 Å². The van der Waals surface area contributed by atoms with Crippen LogP contribution in [0.15, 0.2) is 12.4 Å². The molecule has 0 spiro atoms. The van der Waals surface area contributed by atoms with Gasteiger partial charge in [0.2, 0.25) is 11.9 Å². The number of amides is 1. The third kappa shape index (κ3) is 7.22. The molecule has 1 amide bonds. The first kappa shape index (κ1) is 26.7. The minimum absolute atomic E-state index is 0.0120. The van der Waals surface area contributed by atoms with Crippen molar-refractivity contribution in [1.29, 1.82) is 0 Å². The van der Waals surface area contributed by atoms with Gasteiger partial charge in [0.1, 0.15) is 0 Å². The van der Waals surface area contributed by atoms with Crippen LogP contribution < -0.4 is 10.2 Å². The molecule has 0 unspecified atom stereocenters. The Hall–Kier alpha value is -2.55. The molecule has 2 aliphatic heterocycles. The van der Waals surface area contributed by atoms with Gasteiger partial charge in [-0.2, -0.15) is 13.2 Å². The minimum Gasteiger partial charge on any atom is -0.475 e. The number of aliphatic carboxylic acids is 1. The van der Waals surface area contributed by atoms with Crippen LogP contribution in [0.2, 0.25) is 0 Å². The second kappa shape index (κ2) is 10.6. The van der Waals surface area contributed by atoms with E-state index in [0.717, 1.165) is 18.9 Å². The lowest BCUT2D eigenvalue weighted by molar-refractivity contribution is -0.192. The van der Waals surface area contributed by atoms with E-state index in [0.29, 0.717) is 25.5 Å². The van der Waals surface area contributed by atoms with Crippen LogP contribution in [0.3, 0.4) is 0 Å². The van der Waals surface area contributed by atoms with E-state index in [9.17, 15) is 30.8 Å². The zero-order chi connectivity index (χ0) is 25.0. The van der Waals surface area contributed by atoms with Gasteiger partial charge in [0.25, 0.3) is 0 Å². The summed E-state index contributed by atoms with van der Waals surface area (Å²) in [5.74, 6) is -3.75. The smallest absolute Gasteiger partial charge is 0.475 e. The monoisotopic (exact) mass is 499 g/mol. The number of carbonyl (C=O) groups is 2. The number of anilines is 1. The molecule has 0 radical (unpaired) electrons. The van der Waals surface area contributed by atoms with Crippen molar-refractivity contribution in [1.82, 2.24) is 20.2 Å². The van der Waals surface area contributed by atoms with Crippen molar-refractivity contribution in [3.8, 4) is 0 Å². The second-order valence-corrected chi connectivity index (χ2v) is 10.3. The normalized spacial score (nSPS) is 24.0. The summed E-state index contributed by atoms with van der Waals surface area (Å²) < 4.78 is 69.8. The molecule has 2 saturated heterocycles. The van der Waals surface area contributed by atoms with E-state index < -0.39 is 33.1 Å². The molecule has 3 atom stereocenters. The van der Waals surface area contributed by atoms with Gasteiger partial charge >= 0.3 is 12.1 Å². The van der Waals surface area contributed by atoms with Crippen molar-refractivity contribution in [3.63, 3.8) is 0 Å². The number of likely N-dealkylation sites (N-methyl/N-ethyl adjacent to an activating group) is 1. The summed E-state index contributed by atoms with van der Waals surface area (Å²) in [5, 5.41) is 9.42. The van der Waals surface area contributed by atoms with Gasteiger partial charge in [0.05, 0.1) is 23.4 Å². The molecule has 3 heterocycles. The van der Waals surface area contributed by atoms with Crippen molar-refractivity contribution >= 4 is 27.7 Å². The number of hydrogen-bond donors (Lipinski definition) is 2. The lowest BCUT2D eigenvalue weighted by Crippen LogP contribution is -2.47. The van der Waals surface area contributed by atoms with Gasteiger partial charge in [-0.05, 0) is 20.5 Å². The Morgan fingerprint density at radius 3 is 2.33 bits per heavy atom. The predicted molar refractivity (Wildman–Crippen MR) is 109 cm³/mol. The number of carbonyl (C=O) groups excluding carboxylic acids is 1. The molecule has 2 fully saturated rings. The van der Waals surface area contributed by atoms with E-state index in [4.69, 9.17) is 9.90 Å². The SMILES string of the molecule is CN(C)CCNC(=O)[C@H]1CCS(=O)(=O)[C@@H]2CN(c3ncc(F)cn3)C[C@H]12.O=C(O)C(F)(F)F. The number of nitrogens with one attached hydrogen (secondary N) is 1. The number of carboxylic acid groups (broad SMARTS) is 1. The molecule has 10 nitrogen and oxygen atoms in total. The summed E-state index contributed by atoms with van der Waals surface area (Å²) in [6.07, 6.45) is -2.64. The van der Waals surface area contributed by atoms with Gasteiger partial charge in [0, 0.05) is 38.0 Å². The number of hydrogen-bond acceptors (Lipinski definition) is 8. The third-order valence-electron chi connectivity index (χ3n) is 5.33. The Balaban J connectivity index is 0.000000479. The Labute approximate surface area is 187 Å². The van der Waals surface area contributed by atoms with Crippen molar-refractivity contribution in [2.24, 2.45) is 11.8 Å². The molecule has 0 aliphatic carbocycles. The number of alkyl halides is 3. The molecule has 2 N–H and O–H groups in total. The summed E-state index contributed by atoms with van der Waals surface area (Å²) in [6, 6.07) is 0. The summed E-state index contributed by atoms with van der Waals surface area (Å²) in [5.41, 5.74) is 0. The maximum atomic E-state index is 13.0. The lowest BCUT2D eigenvalue weighted by Gasteiger charge is -2.31. The minimum atomic E-state index is -5.08. The van der Waals surface area contributed by atoms with Gasteiger partial charge in [-0.15, -0.1) is 0 Å². The molecule has 0 saturated carbocycles. The predicted octanol–water partition coefficient (Wildman–Crippen LogP) is 0.166. The Morgan fingerprint density at radius 1 is 1.24 bits per heavy atom. The van der Waals surface area contributed by atoms with Crippen LogP contribution in [-0.2, 0) is 19.4 Å². The van der Waals surface area contributed by atoms with E-state index >= 15 is 0 Å². The number of fused-ring (bicyclic) bond motifs is 1. The number of nitrogens with zero attached hydrogens (tertiary/aromatic N) is 4. The number of aromatic nitrogens is 2. The van der Waals surface area contributed by atoms with Crippen LogP contribution >= 0.6 is 0 Å². The number of carboxylic acids is 1. The zero-order valence-corrected chi connectivity index (χ0v) is 18.7. The van der Waals surface area contributed by atoms with Gasteiger partial charge in [-0.25, -0.2) is 27.6 Å². The van der Waals surface area contributed by atoms with Crippen molar-refractivity contribution in [3.05, 3.63) is 18.2 Å². The van der Waals surface area contributed by atoms with E-state index in [-0.39, 0.29) is 30.0 Å². The Bertz CT molecular complexity index is 943. The Kier molecular flexibility index (Phi) is 8.57. The summed E-state index contributed by atoms with van der Waals surface area (Å²) in [6.45, 7) is 1.86. The fraction of sp³-hybridized carbons (Fsp3) is 0.667. The molecule has 186 valence electrons. The highest BCUT2D eigenvalue weighted by Gasteiger charge is 2.50. The van der Waals surface area contributed by atoms with E-state index in [2.05, 4.69) is 15.3 Å². The van der Waals surface area contributed by atoms with Crippen LogP contribution in [-0.4, -0.2) is 97.7 Å². The maximum Gasteiger partial charge on any atom is 0.490 e. The van der Waals surface area contributed by atoms with Crippen molar-refractivity contribution in [2.75, 3.05) is 50.9 Å². The average molecular weight is 499 g/mol. The molecule has 33 heavy (non-hydrogen) atoms. The highest BCUT2D eigenvalue weighted by Crippen LogP contribution is 2.37. The molecular formula is C18H25F4N5O5S. The van der Waals surface area contributed by atoms with Crippen LogP contribution in [0, 0.1) is 17.7 Å². The van der Waals surface area contributed by atoms with Crippen LogP contribution in [0.25, 0.3) is 0 Å². The molecule has 2 aliphatic rings. The van der Waals surface area contributed by atoms with E-state index in [1.807, 2.05) is 19.0 Å². The average Bonchev–Trinajstić information content (AvgIpc) is 3.14. The topological polar surface area (TPSA) is 133 Å². The second-order valence-electron chi connectivity index (χ2n) is 7.97. The quantitative estimate of drug-likeness (QED) is 0.544. The van der Waals surface area contributed by atoms with Crippen molar-refractivity contribution in [2.45, 2.75) is 17.8 Å². The first-order valence-electron chi connectivity index (χ1n) is 9.89. The summed E-state index contributed by atoms with van der Waals surface area (Å²) >= 11 is 0. The molecule has 15 heteroatoms. The maximum absolute atomic E-state index is 13.0. The molecule has 1 aromatic rings. The van der Waals surface area contributed by atoms with Crippen LogP contribution in [0.1, 0.15) is 6.42 Å². The van der Waals surface area contributed by atoms with Gasteiger partial charge < -0.3 is 20.2 Å². The number of rotatable bonds is 5. The van der Waals surface area contributed by atoms with E-state index in [1.165, 1.54) is 0 Å². The molecule has 1 aromatic heterocycles. The van der Waals surface area contributed by atoms with Gasteiger partial charge in [-0.1, -0.05) is 0 Å². The largest absolute Gasteiger partial charge is 0.490 e. The van der Waals surface area contributed by atoms with Gasteiger partial charge in [-0.3, -0.25) is 4.79 Å². The summed E-state index contributed by atoms with van der Waals surface area (Å²) in [7, 11) is 0.578. The number of sulfone groups is 1. The van der Waals surface area contributed by atoms with Gasteiger partial charge in [0.15, 0.2) is 15.7 Å². The molecular weight excluding hydrogens is 474 g/mol. The molecule has 0 aromatic carbocycles. The number of halogens is 4. The fourth-order valence-electron chi connectivity index (χ4n) is 3.71. The zero-order valence-electron chi connectivity index (χ0n) is 17.9. The van der Waals surface area contributed by atoms with Crippen LogP contribution in [0.5, 0.6) is 0 Å². The molecule has 0 bridgehead atoms. The first-order chi connectivity index (χ1) is 15.2. The molecule has 3 rings (SSSR count). The standard InChI is InChI=1S/C16H24FN5O3S.C2HF3O2/c1-21(2)5-4-18-15(23)12-3-6-26(24,25)14-10-22(9-13(12)14)16-19-7-11(17)8-20-16;3-2(4,5)1(6)7/h7-8,12-14H,3-6,9-10H2,1-2H3,(H,18,23);(H,6,7)/t12-,13+,14+;/m0./s1. The lowest BCUT2D eigenvalue weighted by atomic mass is 9.87. The summed E-state index contributed by atoms with van der Waals surface area (Å²) in [4.78, 5) is 33.1. The third-order valence-corrected chi connectivity index (χ3v) is 7.55. The highest BCUT2D eigenvalue weighted by molar-refractivity contribution is 7.92. The van der Waals surface area contributed by atoms with Crippen molar-refractivity contribution < 1.29 is 40.7 Å². The first-order valence-corrected chi connectivity index (χ1v) is 11.6.